The fourth-order valence-corrected chi connectivity index (χ4v) is 1.51. The summed E-state index contributed by atoms with van der Waals surface area (Å²) in [6, 6.07) is 3.37. The van der Waals surface area contributed by atoms with Crippen LogP contribution < -0.4 is 0 Å². The summed E-state index contributed by atoms with van der Waals surface area (Å²) in [5.41, 5.74) is 1.16. The monoisotopic (exact) mass is 251 g/mol. The average Bonchev–Trinajstić information content (AvgIpc) is 2.34. The molecule has 0 fully saturated rings. The van der Waals surface area contributed by atoms with E-state index in [2.05, 4.69) is 9.72 Å². The number of pyridine rings is 1. The van der Waals surface area contributed by atoms with Crippen LogP contribution in [0, 0.1) is 0 Å². The zero-order valence-corrected chi connectivity index (χ0v) is 10.5. The highest BCUT2D eigenvalue weighted by molar-refractivity contribution is 8.13. The lowest BCUT2D eigenvalue weighted by atomic mass is 10.2. The second kappa shape index (κ2) is 6.85. The van der Waals surface area contributed by atoms with E-state index in [9.17, 15) is 9.59 Å². The van der Waals surface area contributed by atoms with Gasteiger partial charge in [0.25, 0.3) is 0 Å². The van der Waals surface area contributed by atoms with Gasteiger partial charge in [-0.25, -0.2) is 9.78 Å². The molecule has 0 saturated carbocycles. The molecule has 1 heterocycles. The number of esters is 1. The Morgan fingerprint density at radius 3 is 2.76 bits per heavy atom. The van der Waals surface area contributed by atoms with Crippen molar-refractivity contribution in [1.82, 2.24) is 4.98 Å². The van der Waals surface area contributed by atoms with E-state index in [-0.39, 0.29) is 10.8 Å². The molecule has 0 amide bonds. The number of nitrogens with zero attached hydrogens (tertiary/aromatic N) is 1. The molecular weight excluding hydrogens is 238 g/mol. The van der Waals surface area contributed by atoms with Gasteiger partial charge in [0.05, 0.1) is 7.11 Å². The van der Waals surface area contributed by atoms with E-state index in [4.69, 9.17) is 0 Å². The van der Waals surface area contributed by atoms with Gasteiger partial charge in [-0.2, -0.15) is 0 Å². The second-order valence-corrected chi connectivity index (χ2v) is 4.37. The largest absolute Gasteiger partial charge is 0.464 e. The molecule has 0 unspecified atom stereocenters. The summed E-state index contributed by atoms with van der Waals surface area (Å²) < 4.78 is 4.54. The van der Waals surface area contributed by atoms with E-state index in [1.165, 1.54) is 25.8 Å². The van der Waals surface area contributed by atoms with Crippen molar-refractivity contribution in [3.05, 3.63) is 35.7 Å². The van der Waals surface area contributed by atoms with Crippen molar-refractivity contribution in [3.8, 4) is 0 Å². The molecule has 90 valence electrons. The first-order valence-corrected chi connectivity index (χ1v) is 5.96. The van der Waals surface area contributed by atoms with E-state index < -0.39 is 5.97 Å². The normalized spacial score (nSPS) is 10.5. The van der Waals surface area contributed by atoms with Crippen molar-refractivity contribution in [2.24, 2.45) is 0 Å². The Hall–Kier alpha value is -1.62. The topological polar surface area (TPSA) is 56.3 Å². The Morgan fingerprint density at radius 1 is 1.47 bits per heavy atom. The minimum Gasteiger partial charge on any atom is -0.464 e. The van der Waals surface area contributed by atoms with Gasteiger partial charge < -0.3 is 4.74 Å². The number of ether oxygens (including phenoxy) is 1. The Morgan fingerprint density at radius 2 is 2.24 bits per heavy atom. The Labute approximate surface area is 104 Å². The molecule has 1 rings (SSSR count). The van der Waals surface area contributed by atoms with Crippen LogP contribution in [-0.2, 0) is 9.53 Å². The molecule has 0 radical (unpaired) electrons. The number of hydrogen-bond acceptors (Lipinski definition) is 5. The molecule has 0 aromatic carbocycles. The molecule has 1 aromatic rings. The number of hydrogen-bond donors (Lipinski definition) is 0. The minimum atomic E-state index is -0.451. The molecule has 0 aliphatic heterocycles. The molecule has 0 atom stereocenters. The second-order valence-electron chi connectivity index (χ2n) is 3.17. The molecule has 0 bridgehead atoms. The summed E-state index contributed by atoms with van der Waals surface area (Å²) >= 11 is 1.24. The number of aromatic nitrogens is 1. The van der Waals surface area contributed by atoms with Crippen LogP contribution in [0.1, 0.15) is 23.0 Å². The number of methoxy groups -OCH3 is 1. The predicted molar refractivity (Wildman–Crippen MR) is 67.7 cm³/mol. The maximum Gasteiger partial charge on any atom is 0.356 e. The molecule has 17 heavy (non-hydrogen) atoms. The van der Waals surface area contributed by atoms with Gasteiger partial charge in [0, 0.05) is 18.9 Å². The van der Waals surface area contributed by atoms with Gasteiger partial charge in [-0.05, 0) is 11.6 Å². The maximum atomic E-state index is 11.1. The number of thioether (sulfide) groups is 1. The molecule has 5 heteroatoms. The first-order valence-electron chi connectivity index (χ1n) is 4.97. The van der Waals surface area contributed by atoms with Crippen LogP contribution in [0.15, 0.2) is 24.4 Å². The zero-order chi connectivity index (χ0) is 12.7. The summed E-state index contributed by atoms with van der Waals surface area (Å²) in [6.07, 6.45) is 5.31. The van der Waals surface area contributed by atoms with E-state index >= 15 is 0 Å². The van der Waals surface area contributed by atoms with Gasteiger partial charge in [-0.3, -0.25) is 4.79 Å². The van der Waals surface area contributed by atoms with Gasteiger partial charge in [0.1, 0.15) is 5.69 Å². The third-order valence-corrected chi connectivity index (χ3v) is 2.64. The standard InChI is InChI=1S/C12H13NO3S/c1-9(14)17-7-3-4-10-5-6-11(13-8-10)12(15)16-2/h3-6,8H,7H2,1-2H3. The molecule has 0 spiro atoms. The van der Waals surface area contributed by atoms with Crippen LogP contribution in [0.5, 0.6) is 0 Å². The summed E-state index contributed by atoms with van der Waals surface area (Å²) in [5, 5.41) is 0.0915. The van der Waals surface area contributed by atoms with Crippen LogP contribution in [0.3, 0.4) is 0 Å². The fourth-order valence-electron chi connectivity index (χ4n) is 1.08. The van der Waals surface area contributed by atoms with Crippen LogP contribution in [0.25, 0.3) is 6.08 Å². The molecule has 0 aliphatic rings. The van der Waals surface area contributed by atoms with Crippen molar-refractivity contribution >= 4 is 28.9 Å². The molecule has 1 aromatic heterocycles. The van der Waals surface area contributed by atoms with E-state index in [0.717, 1.165) is 5.56 Å². The van der Waals surface area contributed by atoms with E-state index in [0.29, 0.717) is 5.75 Å². The van der Waals surface area contributed by atoms with Gasteiger partial charge in [-0.15, -0.1) is 0 Å². The summed E-state index contributed by atoms with van der Waals surface area (Å²) in [5.74, 6) is 0.182. The SMILES string of the molecule is COC(=O)c1ccc(C=CCSC(C)=O)cn1. The lowest BCUT2D eigenvalue weighted by molar-refractivity contribution is -0.109. The van der Waals surface area contributed by atoms with Crippen LogP contribution in [-0.4, -0.2) is 28.9 Å². The first-order chi connectivity index (χ1) is 8.13. The van der Waals surface area contributed by atoms with Crippen molar-refractivity contribution in [2.45, 2.75) is 6.92 Å². The third kappa shape index (κ3) is 4.82. The summed E-state index contributed by atoms with van der Waals surface area (Å²) in [7, 11) is 1.32. The van der Waals surface area contributed by atoms with Crippen molar-refractivity contribution in [1.29, 1.82) is 0 Å². The molecule has 0 aliphatic carbocycles. The number of carbonyl (C=O) groups is 2. The smallest absolute Gasteiger partial charge is 0.356 e. The Bertz CT molecular complexity index is 426. The lowest BCUT2D eigenvalue weighted by Crippen LogP contribution is -2.03. The van der Waals surface area contributed by atoms with Crippen molar-refractivity contribution < 1.29 is 14.3 Å². The predicted octanol–water partition coefficient (Wildman–Crippen LogP) is 2.16. The Kier molecular flexibility index (Phi) is 5.42. The van der Waals surface area contributed by atoms with Crippen molar-refractivity contribution in [2.75, 3.05) is 12.9 Å². The summed E-state index contributed by atoms with van der Waals surface area (Å²) in [6.45, 7) is 1.53. The van der Waals surface area contributed by atoms with E-state index in [1.807, 2.05) is 12.2 Å². The number of rotatable bonds is 4. The molecular formula is C12H13NO3S. The van der Waals surface area contributed by atoms with E-state index in [1.54, 1.807) is 18.3 Å². The van der Waals surface area contributed by atoms with Gasteiger partial charge >= 0.3 is 5.97 Å². The minimum absolute atomic E-state index is 0.0915. The molecule has 0 saturated heterocycles. The van der Waals surface area contributed by atoms with Gasteiger partial charge in [0.15, 0.2) is 5.12 Å². The van der Waals surface area contributed by atoms with Crippen LogP contribution in [0.4, 0.5) is 0 Å². The van der Waals surface area contributed by atoms with Gasteiger partial charge in [0.2, 0.25) is 0 Å². The first kappa shape index (κ1) is 13.4. The average molecular weight is 251 g/mol. The highest BCUT2D eigenvalue weighted by Crippen LogP contribution is 2.06. The maximum absolute atomic E-state index is 11.1. The third-order valence-electron chi connectivity index (χ3n) is 1.87. The fraction of sp³-hybridized carbons (Fsp3) is 0.250. The summed E-state index contributed by atoms with van der Waals surface area (Å²) in [4.78, 5) is 25.8. The van der Waals surface area contributed by atoms with Gasteiger partial charge in [-0.1, -0.05) is 30.0 Å². The molecule has 4 nitrogen and oxygen atoms in total. The lowest BCUT2D eigenvalue weighted by Gasteiger charge is -1.98. The van der Waals surface area contributed by atoms with Crippen LogP contribution in [0.2, 0.25) is 0 Å². The zero-order valence-electron chi connectivity index (χ0n) is 9.67. The number of carbonyl (C=O) groups excluding carboxylic acids is 2. The highest BCUT2D eigenvalue weighted by Gasteiger charge is 2.04. The highest BCUT2D eigenvalue weighted by atomic mass is 32.2. The van der Waals surface area contributed by atoms with Crippen LogP contribution >= 0.6 is 11.8 Å². The molecule has 0 N–H and O–H groups in total. The quantitative estimate of drug-likeness (QED) is 0.767. The van der Waals surface area contributed by atoms with Crippen molar-refractivity contribution in [3.63, 3.8) is 0 Å². The Balaban J connectivity index is 2.56.